The Hall–Kier alpha value is -1.30. The Morgan fingerprint density at radius 2 is 2.00 bits per heavy atom. The summed E-state index contributed by atoms with van der Waals surface area (Å²) < 4.78 is 1.74. The van der Waals surface area contributed by atoms with Crippen LogP contribution in [0.15, 0.2) is 35.6 Å². The fourth-order valence-electron chi connectivity index (χ4n) is 2.00. The molecule has 0 spiro atoms. The van der Waals surface area contributed by atoms with Crippen LogP contribution in [0.25, 0.3) is 5.78 Å². The van der Waals surface area contributed by atoms with Crippen molar-refractivity contribution in [1.29, 1.82) is 0 Å². The maximum Gasteiger partial charge on any atom is 0.253 e. The van der Waals surface area contributed by atoms with E-state index in [-0.39, 0.29) is 5.25 Å². The topological polar surface area (TPSA) is 43.1 Å². The van der Waals surface area contributed by atoms with Crippen LogP contribution in [0.3, 0.4) is 0 Å². The van der Waals surface area contributed by atoms with Crippen LogP contribution in [0.1, 0.15) is 23.4 Å². The number of hydrogen-bond donors (Lipinski definition) is 0. The first-order valence-electron chi connectivity index (χ1n) is 6.33. The van der Waals surface area contributed by atoms with Crippen molar-refractivity contribution >= 4 is 40.7 Å². The minimum Gasteiger partial charge on any atom is -0.216 e. The molecule has 21 heavy (non-hydrogen) atoms. The summed E-state index contributed by atoms with van der Waals surface area (Å²) in [5.74, 6) is 0.610. The number of halogens is 2. The molecular weight excluding hydrogens is 327 g/mol. The second-order valence-corrected chi connectivity index (χ2v) is 6.82. The summed E-state index contributed by atoms with van der Waals surface area (Å²) in [5.41, 5.74) is 2.02. The molecule has 0 fully saturated rings. The summed E-state index contributed by atoms with van der Waals surface area (Å²) in [7, 11) is 0. The Kier molecular flexibility index (Phi) is 4.06. The molecule has 1 aromatic carbocycles. The molecule has 1 unspecified atom stereocenters. The van der Waals surface area contributed by atoms with E-state index < -0.39 is 0 Å². The molecule has 3 aromatic rings. The fourth-order valence-corrected chi connectivity index (χ4v) is 3.41. The van der Waals surface area contributed by atoms with Gasteiger partial charge in [0.2, 0.25) is 0 Å². The molecule has 2 heterocycles. The van der Waals surface area contributed by atoms with Gasteiger partial charge in [-0.15, -0.1) is 0 Å². The van der Waals surface area contributed by atoms with Crippen molar-refractivity contribution in [3.8, 4) is 0 Å². The van der Waals surface area contributed by atoms with Crippen molar-refractivity contribution in [3.05, 3.63) is 51.9 Å². The van der Waals surface area contributed by atoms with Gasteiger partial charge >= 0.3 is 0 Å². The minimum absolute atomic E-state index is 0.203. The fraction of sp³-hybridized carbons (Fsp3) is 0.214. The molecule has 7 heteroatoms. The molecular formula is C14H12Cl2N4S. The Bertz CT molecular complexity index is 803. The van der Waals surface area contributed by atoms with Crippen LogP contribution in [0.2, 0.25) is 10.0 Å². The average molecular weight is 339 g/mol. The van der Waals surface area contributed by atoms with Crippen LogP contribution < -0.4 is 0 Å². The van der Waals surface area contributed by atoms with E-state index in [9.17, 15) is 0 Å². The predicted octanol–water partition coefficient (Wildman–Crippen LogP) is 4.59. The highest BCUT2D eigenvalue weighted by atomic mass is 35.5. The number of benzene rings is 1. The number of aromatic nitrogens is 4. The van der Waals surface area contributed by atoms with Crippen molar-refractivity contribution in [2.24, 2.45) is 0 Å². The molecule has 2 aromatic heterocycles. The van der Waals surface area contributed by atoms with Crippen molar-refractivity contribution in [1.82, 2.24) is 19.6 Å². The third kappa shape index (κ3) is 3.00. The molecule has 3 rings (SSSR count). The maximum absolute atomic E-state index is 6.08. The SMILES string of the molecule is Cc1cc(SC(C)c2ccc(Cl)c(Cl)c2)n2ncnc2n1. The molecule has 0 amide bonds. The van der Waals surface area contributed by atoms with Crippen LogP contribution in [0.5, 0.6) is 0 Å². The summed E-state index contributed by atoms with van der Waals surface area (Å²) in [6, 6.07) is 7.70. The molecule has 4 nitrogen and oxygen atoms in total. The van der Waals surface area contributed by atoms with Crippen LogP contribution in [0, 0.1) is 6.92 Å². The molecule has 0 saturated heterocycles. The van der Waals surface area contributed by atoms with Gasteiger partial charge in [0, 0.05) is 10.9 Å². The van der Waals surface area contributed by atoms with E-state index in [4.69, 9.17) is 23.2 Å². The van der Waals surface area contributed by atoms with Gasteiger partial charge in [0.05, 0.1) is 10.0 Å². The zero-order valence-electron chi connectivity index (χ0n) is 11.4. The number of aryl methyl sites for hydroxylation is 1. The lowest BCUT2D eigenvalue weighted by molar-refractivity contribution is 0.830. The van der Waals surface area contributed by atoms with Gasteiger partial charge in [0.15, 0.2) is 0 Å². The van der Waals surface area contributed by atoms with E-state index in [1.54, 1.807) is 16.3 Å². The van der Waals surface area contributed by atoms with E-state index >= 15 is 0 Å². The molecule has 0 saturated carbocycles. The van der Waals surface area contributed by atoms with Gasteiger partial charge in [-0.05, 0) is 37.6 Å². The molecule has 1 atom stereocenters. The summed E-state index contributed by atoms with van der Waals surface area (Å²) in [5, 5.41) is 6.54. The predicted molar refractivity (Wildman–Crippen MR) is 86.3 cm³/mol. The van der Waals surface area contributed by atoms with Crippen molar-refractivity contribution in [2.75, 3.05) is 0 Å². The average Bonchev–Trinajstić information content (AvgIpc) is 2.90. The Labute approximate surface area is 136 Å². The molecule has 0 radical (unpaired) electrons. The molecule has 0 aliphatic heterocycles. The Balaban J connectivity index is 1.94. The van der Waals surface area contributed by atoms with E-state index in [2.05, 4.69) is 22.0 Å². The molecule has 0 bridgehead atoms. The van der Waals surface area contributed by atoms with Gasteiger partial charge in [-0.2, -0.15) is 14.6 Å². The number of nitrogens with zero attached hydrogens (tertiary/aromatic N) is 4. The highest BCUT2D eigenvalue weighted by molar-refractivity contribution is 7.99. The second kappa shape index (κ2) is 5.83. The Morgan fingerprint density at radius 1 is 1.19 bits per heavy atom. The maximum atomic E-state index is 6.08. The van der Waals surface area contributed by atoms with E-state index in [0.29, 0.717) is 15.8 Å². The highest BCUT2D eigenvalue weighted by Gasteiger charge is 2.13. The summed E-state index contributed by atoms with van der Waals surface area (Å²) in [6.45, 7) is 4.06. The first-order chi connectivity index (χ1) is 10.0. The third-order valence-electron chi connectivity index (χ3n) is 3.06. The first kappa shape index (κ1) is 14.6. The van der Waals surface area contributed by atoms with Crippen molar-refractivity contribution in [3.63, 3.8) is 0 Å². The lowest BCUT2D eigenvalue weighted by Gasteiger charge is -2.13. The third-order valence-corrected chi connectivity index (χ3v) is 4.95. The van der Waals surface area contributed by atoms with Crippen LogP contribution in [0.4, 0.5) is 0 Å². The highest BCUT2D eigenvalue weighted by Crippen LogP contribution is 2.36. The standard InChI is InChI=1S/C14H12Cl2N4S/c1-8-5-13(20-14(19-8)17-7-18-20)21-9(2)10-3-4-11(15)12(16)6-10/h3-7,9H,1-2H3. The molecule has 0 N–H and O–H groups in total. The second-order valence-electron chi connectivity index (χ2n) is 4.64. The van der Waals surface area contributed by atoms with Gasteiger partial charge in [-0.25, -0.2) is 4.98 Å². The van der Waals surface area contributed by atoms with E-state index in [1.807, 2.05) is 31.2 Å². The van der Waals surface area contributed by atoms with Gasteiger partial charge in [0.1, 0.15) is 11.4 Å². The van der Waals surface area contributed by atoms with Crippen LogP contribution >= 0.6 is 35.0 Å². The summed E-state index contributed by atoms with van der Waals surface area (Å²) in [4.78, 5) is 8.47. The van der Waals surface area contributed by atoms with Gasteiger partial charge in [-0.1, -0.05) is 41.0 Å². The van der Waals surface area contributed by atoms with Crippen molar-refractivity contribution in [2.45, 2.75) is 24.1 Å². The Morgan fingerprint density at radius 3 is 2.76 bits per heavy atom. The molecule has 0 aliphatic rings. The number of fused-ring (bicyclic) bond motifs is 1. The minimum atomic E-state index is 0.203. The number of thioether (sulfide) groups is 1. The normalized spacial score (nSPS) is 12.8. The van der Waals surface area contributed by atoms with Gasteiger partial charge in [0.25, 0.3) is 5.78 Å². The largest absolute Gasteiger partial charge is 0.253 e. The van der Waals surface area contributed by atoms with Crippen LogP contribution in [-0.4, -0.2) is 19.6 Å². The molecule has 0 aliphatic carbocycles. The van der Waals surface area contributed by atoms with Crippen molar-refractivity contribution < 1.29 is 0 Å². The molecule has 108 valence electrons. The van der Waals surface area contributed by atoms with Gasteiger partial charge in [-0.3, -0.25) is 0 Å². The summed E-state index contributed by atoms with van der Waals surface area (Å²) in [6.07, 6.45) is 1.51. The monoisotopic (exact) mass is 338 g/mol. The quantitative estimate of drug-likeness (QED) is 0.517. The number of rotatable bonds is 3. The first-order valence-corrected chi connectivity index (χ1v) is 7.97. The van der Waals surface area contributed by atoms with E-state index in [1.165, 1.54) is 6.33 Å². The zero-order valence-corrected chi connectivity index (χ0v) is 13.7. The smallest absolute Gasteiger partial charge is 0.216 e. The number of hydrogen-bond acceptors (Lipinski definition) is 4. The summed E-state index contributed by atoms with van der Waals surface area (Å²) >= 11 is 13.7. The zero-order chi connectivity index (χ0) is 15.0. The van der Waals surface area contributed by atoms with E-state index in [0.717, 1.165) is 16.3 Å². The lowest BCUT2D eigenvalue weighted by Crippen LogP contribution is -1.99. The lowest BCUT2D eigenvalue weighted by atomic mass is 10.2. The van der Waals surface area contributed by atoms with Gasteiger partial charge < -0.3 is 0 Å². The van der Waals surface area contributed by atoms with Crippen LogP contribution in [-0.2, 0) is 0 Å².